The molecule has 0 bridgehead atoms. The third-order valence-corrected chi connectivity index (χ3v) is 3.50. The van der Waals surface area contributed by atoms with Gasteiger partial charge in [0, 0.05) is 11.3 Å². The lowest BCUT2D eigenvalue weighted by atomic mass is 10.1. The van der Waals surface area contributed by atoms with Gasteiger partial charge < -0.3 is 5.32 Å². The Morgan fingerprint density at radius 1 is 1.33 bits per heavy atom. The van der Waals surface area contributed by atoms with E-state index in [0.29, 0.717) is 5.37 Å². The number of rotatable bonds is 1. The summed E-state index contributed by atoms with van der Waals surface area (Å²) >= 11 is 2.05. The Bertz CT molecular complexity index is 249. The van der Waals surface area contributed by atoms with Crippen molar-refractivity contribution in [3.8, 4) is 0 Å². The number of thioether (sulfide) groups is 1. The van der Waals surface area contributed by atoms with E-state index >= 15 is 0 Å². The summed E-state index contributed by atoms with van der Waals surface area (Å²) < 4.78 is 0. The Kier molecular flexibility index (Phi) is 2.38. The molecule has 0 unspecified atom stereocenters. The molecule has 1 aromatic rings. The standard InChI is InChI=1S/C10H13NS/c1-8-2-4-9(5-3-8)10-11-6-7-12-10/h2-5,10-11H,6-7H2,1H3/p+1/t10-/m1/s1. The molecule has 0 aromatic heterocycles. The van der Waals surface area contributed by atoms with Crippen LogP contribution in [0.2, 0.25) is 0 Å². The van der Waals surface area contributed by atoms with Crippen molar-refractivity contribution >= 4 is 11.8 Å². The molecule has 1 fully saturated rings. The molecule has 1 nitrogen and oxygen atoms in total. The van der Waals surface area contributed by atoms with Crippen molar-refractivity contribution in [1.29, 1.82) is 0 Å². The number of nitrogens with two attached hydrogens (primary N) is 1. The average molecular weight is 180 g/mol. The molecule has 0 saturated carbocycles. The quantitative estimate of drug-likeness (QED) is 0.689. The van der Waals surface area contributed by atoms with Gasteiger partial charge in [0.25, 0.3) is 0 Å². The summed E-state index contributed by atoms with van der Waals surface area (Å²) in [6.45, 7) is 3.40. The molecule has 1 aliphatic rings. The molecule has 2 rings (SSSR count). The molecule has 1 aliphatic heterocycles. The lowest BCUT2D eigenvalue weighted by molar-refractivity contribution is -0.663. The summed E-state index contributed by atoms with van der Waals surface area (Å²) in [6.07, 6.45) is 0. The van der Waals surface area contributed by atoms with Gasteiger partial charge >= 0.3 is 0 Å². The smallest absolute Gasteiger partial charge is 0.159 e. The van der Waals surface area contributed by atoms with Crippen molar-refractivity contribution in [2.45, 2.75) is 12.3 Å². The third-order valence-electron chi connectivity index (χ3n) is 2.20. The fourth-order valence-corrected chi connectivity index (χ4v) is 2.62. The summed E-state index contributed by atoms with van der Waals surface area (Å²) in [5.74, 6) is 1.29. The van der Waals surface area contributed by atoms with Gasteiger partial charge in [-0.2, -0.15) is 0 Å². The van der Waals surface area contributed by atoms with Crippen LogP contribution in [0.4, 0.5) is 0 Å². The van der Waals surface area contributed by atoms with E-state index in [1.165, 1.54) is 23.4 Å². The van der Waals surface area contributed by atoms with Crippen LogP contribution in [0.3, 0.4) is 0 Å². The molecule has 1 heterocycles. The van der Waals surface area contributed by atoms with Gasteiger partial charge in [-0.05, 0) is 6.92 Å². The van der Waals surface area contributed by atoms with Crippen molar-refractivity contribution in [3.63, 3.8) is 0 Å². The van der Waals surface area contributed by atoms with E-state index in [4.69, 9.17) is 0 Å². The molecule has 2 heteroatoms. The molecule has 12 heavy (non-hydrogen) atoms. The van der Waals surface area contributed by atoms with Crippen LogP contribution >= 0.6 is 11.8 Å². The van der Waals surface area contributed by atoms with Gasteiger partial charge in [-0.15, -0.1) is 0 Å². The van der Waals surface area contributed by atoms with Gasteiger partial charge in [0.2, 0.25) is 0 Å². The van der Waals surface area contributed by atoms with Gasteiger partial charge in [0.05, 0.1) is 6.54 Å². The minimum Gasteiger partial charge on any atom is -0.331 e. The van der Waals surface area contributed by atoms with E-state index in [1.54, 1.807) is 0 Å². The predicted octanol–water partition coefficient (Wildman–Crippen LogP) is 1.30. The van der Waals surface area contributed by atoms with Crippen LogP contribution in [0, 0.1) is 6.92 Å². The summed E-state index contributed by atoms with van der Waals surface area (Å²) in [4.78, 5) is 0. The first-order valence-corrected chi connectivity index (χ1v) is 5.42. The zero-order valence-electron chi connectivity index (χ0n) is 7.29. The highest BCUT2D eigenvalue weighted by molar-refractivity contribution is 7.99. The maximum atomic E-state index is 2.41. The minimum absolute atomic E-state index is 0.658. The van der Waals surface area contributed by atoms with Crippen LogP contribution in [-0.2, 0) is 0 Å². The highest BCUT2D eigenvalue weighted by Gasteiger charge is 2.20. The molecule has 2 N–H and O–H groups in total. The molecule has 64 valence electrons. The Morgan fingerprint density at radius 2 is 2.08 bits per heavy atom. The second-order valence-corrected chi connectivity index (χ2v) is 4.48. The Balaban J connectivity index is 2.17. The maximum absolute atomic E-state index is 2.41. The topological polar surface area (TPSA) is 16.6 Å². The molecular weight excluding hydrogens is 166 g/mol. The zero-order valence-corrected chi connectivity index (χ0v) is 8.10. The lowest BCUT2D eigenvalue weighted by Crippen LogP contribution is -2.81. The molecular formula is C10H14NS+. The molecule has 0 aliphatic carbocycles. The molecule has 1 saturated heterocycles. The van der Waals surface area contributed by atoms with E-state index in [9.17, 15) is 0 Å². The molecule has 0 amide bonds. The first-order valence-electron chi connectivity index (χ1n) is 4.38. The van der Waals surface area contributed by atoms with Crippen LogP contribution < -0.4 is 5.32 Å². The monoisotopic (exact) mass is 180 g/mol. The van der Waals surface area contributed by atoms with Gasteiger partial charge in [0.1, 0.15) is 0 Å². The number of benzene rings is 1. The van der Waals surface area contributed by atoms with E-state index in [-0.39, 0.29) is 0 Å². The van der Waals surface area contributed by atoms with Crippen LogP contribution in [0.15, 0.2) is 24.3 Å². The third kappa shape index (κ3) is 1.65. The lowest BCUT2D eigenvalue weighted by Gasteiger charge is -2.05. The summed E-state index contributed by atoms with van der Waals surface area (Å²) in [7, 11) is 0. The van der Waals surface area contributed by atoms with Crippen molar-refractivity contribution in [2.75, 3.05) is 12.3 Å². The van der Waals surface area contributed by atoms with E-state index < -0.39 is 0 Å². The Morgan fingerprint density at radius 3 is 2.67 bits per heavy atom. The second-order valence-electron chi connectivity index (χ2n) is 3.23. The average Bonchev–Trinajstić information content (AvgIpc) is 2.58. The van der Waals surface area contributed by atoms with Gasteiger partial charge in [0.15, 0.2) is 5.37 Å². The molecule has 0 spiro atoms. The van der Waals surface area contributed by atoms with Crippen LogP contribution in [0.1, 0.15) is 16.5 Å². The summed E-state index contributed by atoms with van der Waals surface area (Å²) in [5.41, 5.74) is 2.81. The van der Waals surface area contributed by atoms with E-state index in [0.717, 1.165) is 0 Å². The predicted molar refractivity (Wildman–Crippen MR) is 53.2 cm³/mol. The second kappa shape index (κ2) is 3.50. The van der Waals surface area contributed by atoms with Crippen molar-refractivity contribution < 1.29 is 5.32 Å². The summed E-state index contributed by atoms with van der Waals surface area (Å²) in [5, 5.41) is 3.07. The normalized spacial score (nSPS) is 22.9. The van der Waals surface area contributed by atoms with Crippen molar-refractivity contribution in [2.24, 2.45) is 0 Å². The van der Waals surface area contributed by atoms with Crippen LogP contribution in [-0.4, -0.2) is 12.3 Å². The minimum atomic E-state index is 0.658. The first-order chi connectivity index (χ1) is 5.86. The Labute approximate surface area is 77.6 Å². The fourth-order valence-electron chi connectivity index (χ4n) is 1.47. The summed E-state index contributed by atoms with van der Waals surface area (Å²) in [6, 6.07) is 8.88. The highest BCUT2D eigenvalue weighted by Crippen LogP contribution is 2.24. The fraction of sp³-hybridized carbons (Fsp3) is 0.400. The Hall–Kier alpha value is -0.470. The van der Waals surface area contributed by atoms with E-state index in [2.05, 4.69) is 36.5 Å². The number of quaternary nitrogens is 1. The molecule has 1 atom stereocenters. The van der Waals surface area contributed by atoms with E-state index in [1.807, 2.05) is 11.8 Å². The van der Waals surface area contributed by atoms with Crippen molar-refractivity contribution in [3.05, 3.63) is 35.4 Å². The zero-order chi connectivity index (χ0) is 8.39. The van der Waals surface area contributed by atoms with Crippen LogP contribution in [0.25, 0.3) is 0 Å². The van der Waals surface area contributed by atoms with Crippen molar-refractivity contribution in [1.82, 2.24) is 0 Å². The maximum Gasteiger partial charge on any atom is 0.159 e. The SMILES string of the molecule is Cc1ccc([C@@H]2[NH2+]CCS2)cc1. The van der Waals surface area contributed by atoms with Crippen LogP contribution in [0.5, 0.6) is 0 Å². The molecule has 0 radical (unpaired) electrons. The largest absolute Gasteiger partial charge is 0.331 e. The number of aryl methyl sites for hydroxylation is 1. The molecule has 1 aromatic carbocycles. The highest BCUT2D eigenvalue weighted by atomic mass is 32.2. The van der Waals surface area contributed by atoms with Gasteiger partial charge in [-0.1, -0.05) is 41.6 Å². The van der Waals surface area contributed by atoms with Gasteiger partial charge in [-0.25, -0.2) is 0 Å². The van der Waals surface area contributed by atoms with Gasteiger partial charge in [-0.3, -0.25) is 0 Å². The number of hydrogen-bond acceptors (Lipinski definition) is 1. The number of hydrogen-bond donors (Lipinski definition) is 1. The first kappa shape index (κ1) is 8.14.